The van der Waals surface area contributed by atoms with Crippen LogP contribution < -0.4 is 0 Å². The summed E-state index contributed by atoms with van der Waals surface area (Å²) in [5, 5.41) is 19.1. The third-order valence-electron chi connectivity index (χ3n) is 9.54. The SMILES string of the molecule is CC(CCCC(C)(C)O)[C@H]1CC[C@H]2/C(=C/Cn3cc(-c4ccc(-c5ccccc5)cc4)nn3)CCC[C@]12C. The number of hydrogen-bond acceptors (Lipinski definition) is 3. The van der Waals surface area contributed by atoms with Gasteiger partial charge in [0.05, 0.1) is 18.3 Å². The fourth-order valence-electron chi connectivity index (χ4n) is 7.51. The van der Waals surface area contributed by atoms with Crippen LogP contribution in [-0.2, 0) is 6.54 Å². The molecule has 0 radical (unpaired) electrons. The second kappa shape index (κ2) is 11.2. The summed E-state index contributed by atoms with van der Waals surface area (Å²) in [6.07, 6.45) is 14.3. The molecule has 0 spiro atoms. The number of fused-ring (bicyclic) bond motifs is 1. The van der Waals surface area contributed by atoms with Crippen molar-refractivity contribution in [3.63, 3.8) is 0 Å². The molecule has 38 heavy (non-hydrogen) atoms. The van der Waals surface area contributed by atoms with Crippen LogP contribution in [-0.4, -0.2) is 25.7 Å². The van der Waals surface area contributed by atoms with Crippen molar-refractivity contribution in [3.05, 3.63) is 72.4 Å². The van der Waals surface area contributed by atoms with Crippen molar-refractivity contribution in [2.75, 3.05) is 0 Å². The molecule has 1 N–H and O–H groups in total. The van der Waals surface area contributed by atoms with Crippen LogP contribution in [0.3, 0.4) is 0 Å². The summed E-state index contributed by atoms with van der Waals surface area (Å²) < 4.78 is 1.99. The van der Waals surface area contributed by atoms with E-state index in [0.29, 0.717) is 11.3 Å². The van der Waals surface area contributed by atoms with Gasteiger partial charge in [-0.2, -0.15) is 0 Å². The largest absolute Gasteiger partial charge is 0.390 e. The van der Waals surface area contributed by atoms with Crippen molar-refractivity contribution in [3.8, 4) is 22.4 Å². The van der Waals surface area contributed by atoms with Gasteiger partial charge in [0.25, 0.3) is 0 Å². The molecule has 2 saturated carbocycles. The van der Waals surface area contributed by atoms with Crippen LogP contribution in [0.4, 0.5) is 0 Å². The molecule has 0 saturated heterocycles. The van der Waals surface area contributed by atoms with Crippen molar-refractivity contribution in [1.29, 1.82) is 0 Å². The Morgan fingerprint density at radius 1 is 1.05 bits per heavy atom. The number of hydrogen-bond donors (Lipinski definition) is 1. The highest BCUT2D eigenvalue weighted by molar-refractivity contribution is 5.68. The van der Waals surface area contributed by atoms with Gasteiger partial charge in [-0.3, -0.25) is 0 Å². The Hall–Kier alpha value is -2.72. The van der Waals surface area contributed by atoms with E-state index in [1.54, 1.807) is 5.57 Å². The molecule has 2 aliphatic rings. The van der Waals surface area contributed by atoms with Gasteiger partial charge in [-0.15, -0.1) is 5.10 Å². The molecular weight excluding hydrogens is 466 g/mol. The van der Waals surface area contributed by atoms with E-state index in [1.165, 1.54) is 49.7 Å². The predicted molar refractivity (Wildman–Crippen MR) is 156 cm³/mol. The molecule has 202 valence electrons. The molecule has 1 unspecified atom stereocenters. The van der Waals surface area contributed by atoms with Crippen LogP contribution in [0.15, 0.2) is 72.4 Å². The molecule has 4 heteroatoms. The highest BCUT2D eigenvalue weighted by Gasteiger charge is 2.50. The fraction of sp³-hybridized carbons (Fsp3) is 0.529. The molecule has 2 aromatic carbocycles. The lowest BCUT2D eigenvalue weighted by Crippen LogP contribution is -2.36. The Balaban J connectivity index is 1.22. The molecule has 5 rings (SSSR count). The van der Waals surface area contributed by atoms with Crippen molar-refractivity contribution in [2.45, 2.75) is 91.2 Å². The second-order valence-corrected chi connectivity index (χ2v) is 12.8. The summed E-state index contributed by atoms with van der Waals surface area (Å²) in [6, 6.07) is 19.1. The van der Waals surface area contributed by atoms with Crippen LogP contribution >= 0.6 is 0 Å². The maximum absolute atomic E-state index is 10.1. The van der Waals surface area contributed by atoms with E-state index in [0.717, 1.165) is 42.5 Å². The highest BCUT2D eigenvalue weighted by atomic mass is 16.3. The molecule has 3 aromatic rings. The standard InChI is InChI=1S/C34H45N3O/c1-25(10-8-21-33(2,3)38)30-18-19-31-28(13-9-22-34(30,31)4)20-23-37-24-32(35-36-37)29-16-14-27(15-17-29)26-11-6-5-7-12-26/h5-7,11-12,14-17,20,24-25,30-31,38H,8-10,13,18-19,21-23H2,1-4H3/b28-20+/t25?,30-,31+,34-/m1/s1. The Labute approximate surface area is 229 Å². The monoisotopic (exact) mass is 511 g/mol. The fourth-order valence-corrected chi connectivity index (χ4v) is 7.51. The molecule has 2 fully saturated rings. The van der Waals surface area contributed by atoms with E-state index in [2.05, 4.69) is 85.0 Å². The normalized spacial score (nSPS) is 25.4. The Bertz CT molecular complexity index is 1220. The van der Waals surface area contributed by atoms with Crippen LogP contribution in [0, 0.1) is 23.2 Å². The number of allylic oxidation sites excluding steroid dienone is 2. The lowest BCUT2D eigenvalue weighted by atomic mass is 9.60. The topological polar surface area (TPSA) is 50.9 Å². The Morgan fingerprint density at radius 2 is 1.76 bits per heavy atom. The summed E-state index contributed by atoms with van der Waals surface area (Å²) >= 11 is 0. The Morgan fingerprint density at radius 3 is 2.50 bits per heavy atom. The van der Waals surface area contributed by atoms with Gasteiger partial charge in [-0.05, 0) is 86.7 Å². The maximum Gasteiger partial charge on any atom is 0.113 e. The van der Waals surface area contributed by atoms with Crippen molar-refractivity contribution in [2.24, 2.45) is 23.2 Å². The van der Waals surface area contributed by atoms with E-state index in [-0.39, 0.29) is 0 Å². The minimum absolute atomic E-state index is 0.409. The van der Waals surface area contributed by atoms with E-state index >= 15 is 0 Å². The van der Waals surface area contributed by atoms with Crippen LogP contribution in [0.1, 0.15) is 79.1 Å². The zero-order chi connectivity index (χ0) is 26.8. The van der Waals surface area contributed by atoms with Gasteiger partial charge >= 0.3 is 0 Å². The van der Waals surface area contributed by atoms with Gasteiger partial charge in [0.2, 0.25) is 0 Å². The zero-order valence-corrected chi connectivity index (χ0v) is 23.7. The summed E-state index contributed by atoms with van der Waals surface area (Å²) in [4.78, 5) is 0. The van der Waals surface area contributed by atoms with Gasteiger partial charge in [-0.25, -0.2) is 4.68 Å². The lowest BCUT2D eigenvalue weighted by molar-refractivity contribution is 0.0596. The average Bonchev–Trinajstić information content (AvgIpc) is 3.52. The van der Waals surface area contributed by atoms with Gasteiger partial charge < -0.3 is 5.11 Å². The van der Waals surface area contributed by atoms with Gasteiger partial charge in [0.15, 0.2) is 0 Å². The van der Waals surface area contributed by atoms with Crippen LogP contribution in [0.25, 0.3) is 22.4 Å². The first-order valence-corrected chi connectivity index (χ1v) is 14.7. The van der Waals surface area contributed by atoms with Gasteiger partial charge in [0, 0.05) is 5.56 Å². The summed E-state index contributed by atoms with van der Waals surface area (Å²) in [7, 11) is 0. The van der Waals surface area contributed by atoms with E-state index in [9.17, 15) is 5.11 Å². The molecule has 1 aromatic heterocycles. The number of aliphatic hydroxyl groups is 1. The second-order valence-electron chi connectivity index (χ2n) is 12.8. The third-order valence-corrected chi connectivity index (χ3v) is 9.54. The summed E-state index contributed by atoms with van der Waals surface area (Å²) in [5.74, 6) is 2.21. The summed E-state index contributed by atoms with van der Waals surface area (Å²) in [6.45, 7) is 9.69. The zero-order valence-electron chi connectivity index (χ0n) is 23.7. The first-order valence-electron chi connectivity index (χ1n) is 14.7. The van der Waals surface area contributed by atoms with Crippen molar-refractivity contribution < 1.29 is 5.11 Å². The minimum atomic E-state index is -0.546. The number of aromatic nitrogens is 3. The van der Waals surface area contributed by atoms with E-state index in [1.807, 2.05) is 24.6 Å². The quantitative estimate of drug-likeness (QED) is 0.294. The minimum Gasteiger partial charge on any atom is -0.390 e. The first-order chi connectivity index (χ1) is 18.2. The average molecular weight is 512 g/mol. The van der Waals surface area contributed by atoms with E-state index in [4.69, 9.17) is 0 Å². The first kappa shape index (κ1) is 26.9. The van der Waals surface area contributed by atoms with Crippen molar-refractivity contribution in [1.82, 2.24) is 15.0 Å². The van der Waals surface area contributed by atoms with Gasteiger partial charge in [0.1, 0.15) is 5.69 Å². The van der Waals surface area contributed by atoms with Crippen LogP contribution in [0.2, 0.25) is 0 Å². The number of benzene rings is 2. The summed E-state index contributed by atoms with van der Waals surface area (Å²) in [5.41, 5.74) is 5.99. The molecule has 4 atom stereocenters. The highest BCUT2D eigenvalue weighted by Crippen LogP contribution is 2.59. The maximum atomic E-state index is 10.1. The van der Waals surface area contributed by atoms with Crippen LogP contribution in [0.5, 0.6) is 0 Å². The molecule has 2 aliphatic carbocycles. The number of nitrogens with zero attached hydrogens (tertiary/aromatic N) is 3. The third kappa shape index (κ3) is 5.96. The van der Waals surface area contributed by atoms with E-state index < -0.39 is 5.60 Å². The lowest BCUT2D eigenvalue weighted by Gasteiger charge is -2.44. The molecule has 1 heterocycles. The number of rotatable bonds is 9. The predicted octanol–water partition coefficient (Wildman–Crippen LogP) is 8.33. The Kier molecular flexibility index (Phi) is 7.90. The smallest absolute Gasteiger partial charge is 0.113 e. The molecular formula is C34H45N3O. The molecule has 4 nitrogen and oxygen atoms in total. The molecule has 0 amide bonds. The molecule has 0 aliphatic heterocycles. The van der Waals surface area contributed by atoms with Gasteiger partial charge in [-0.1, -0.05) is 98.1 Å². The van der Waals surface area contributed by atoms with Crippen molar-refractivity contribution >= 4 is 0 Å². The molecule has 0 bridgehead atoms.